The second kappa shape index (κ2) is 10.00. The zero-order valence-electron chi connectivity index (χ0n) is 16.9. The molecule has 0 spiro atoms. The van der Waals surface area contributed by atoms with Crippen molar-refractivity contribution < 1.29 is 33.2 Å². The van der Waals surface area contributed by atoms with Gasteiger partial charge in [0.25, 0.3) is 0 Å². The summed E-state index contributed by atoms with van der Waals surface area (Å²) in [6.07, 6.45) is -2.37. The molecule has 0 bridgehead atoms. The van der Waals surface area contributed by atoms with E-state index < -0.39 is 53.8 Å². The number of aromatic nitrogens is 3. The number of rotatable bonds is 6. The molecule has 12 heteroatoms. The van der Waals surface area contributed by atoms with E-state index in [1.165, 1.54) is 18.0 Å². The Hall–Kier alpha value is -2.15. The SMILES string of the molecule is OCC1O[C@H](SCc2ccc(Cl)cc2)C(O)[C@@H](n2cc(-c3cc(F)c(F)c(F)c3)nn2)[C@H]1O. The molecule has 2 heterocycles. The van der Waals surface area contributed by atoms with Crippen LogP contribution >= 0.6 is 23.4 Å². The molecule has 1 aliphatic heterocycles. The summed E-state index contributed by atoms with van der Waals surface area (Å²) in [7, 11) is 0. The van der Waals surface area contributed by atoms with Crippen LogP contribution in [0.3, 0.4) is 0 Å². The summed E-state index contributed by atoms with van der Waals surface area (Å²) in [6, 6.07) is 7.58. The zero-order chi connectivity index (χ0) is 23.7. The van der Waals surface area contributed by atoms with Crippen molar-refractivity contribution in [1.29, 1.82) is 0 Å². The van der Waals surface area contributed by atoms with Gasteiger partial charge < -0.3 is 20.1 Å². The van der Waals surface area contributed by atoms with Crippen molar-refractivity contribution in [2.24, 2.45) is 0 Å². The maximum atomic E-state index is 13.6. The maximum Gasteiger partial charge on any atom is 0.194 e. The highest BCUT2D eigenvalue weighted by atomic mass is 35.5. The third-order valence-electron chi connectivity index (χ3n) is 5.27. The molecule has 1 aromatic heterocycles. The fourth-order valence-electron chi connectivity index (χ4n) is 3.54. The number of thioether (sulfide) groups is 1. The van der Waals surface area contributed by atoms with E-state index in [4.69, 9.17) is 16.3 Å². The number of nitrogens with zero attached hydrogens (tertiary/aromatic N) is 3. The smallest absolute Gasteiger partial charge is 0.194 e. The van der Waals surface area contributed by atoms with E-state index in [-0.39, 0.29) is 11.3 Å². The van der Waals surface area contributed by atoms with Gasteiger partial charge >= 0.3 is 0 Å². The zero-order valence-corrected chi connectivity index (χ0v) is 18.4. The first-order chi connectivity index (χ1) is 15.8. The van der Waals surface area contributed by atoms with Gasteiger partial charge in [0.15, 0.2) is 17.5 Å². The van der Waals surface area contributed by atoms with Crippen molar-refractivity contribution in [2.45, 2.75) is 35.5 Å². The number of halogens is 4. The van der Waals surface area contributed by atoms with Crippen LogP contribution in [0.25, 0.3) is 11.3 Å². The Morgan fingerprint density at radius 1 is 1.06 bits per heavy atom. The molecule has 7 nitrogen and oxygen atoms in total. The Bertz CT molecular complexity index is 1100. The van der Waals surface area contributed by atoms with Crippen molar-refractivity contribution in [2.75, 3.05) is 6.61 Å². The Balaban J connectivity index is 1.57. The molecule has 2 unspecified atom stereocenters. The number of benzene rings is 2. The third-order valence-corrected chi connectivity index (χ3v) is 6.74. The summed E-state index contributed by atoms with van der Waals surface area (Å²) in [4.78, 5) is 0. The first-order valence-electron chi connectivity index (χ1n) is 9.83. The van der Waals surface area contributed by atoms with Crippen molar-refractivity contribution in [1.82, 2.24) is 15.0 Å². The van der Waals surface area contributed by atoms with Crippen molar-refractivity contribution in [3.8, 4) is 11.3 Å². The van der Waals surface area contributed by atoms with Gasteiger partial charge in [-0.3, -0.25) is 0 Å². The topological polar surface area (TPSA) is 101 Å². The van der Waals surface area contributed by atoms with Gasteiger partial charge in [-0.15, -0.1) is 16.9 Å². The van der Waals surface area contributed by atoms with Gasteiger partial charge in [0.2, 0.25) is 0 Å². The number of aliphatic hydroxyl groups excluding tert-OH is 3. The fourth-order valence-corrected chi connectivity index (χ4v) is 4.79. The summed E-state index contributed by atoms with van der Waals surface area (Å²) in [5.41, 5.74) is 0.0251. The summed E-state index contributed by atoms with van der Waals surface area (Å²) in [5, 5.41) is 39.5. The largest absolute Gasteiger partial charge is 0.394 e. The van der Waals surface area contributed by atoms with Gasteiger partial charge in [0.1, 0.15) is 35.5 Å². The van der Waals surface area contributed by atoms with Crippen LogP contribution in [0.15, 0.2) is 42.6 Å². The average molecular weight is 502 g/mol. The van der Waals surface area contributed by atoms with Crippen LogP contribution in [0.5, 0.6) is 0 Å². The first-order valence-corrected chi connectivity index (χ1v) is 11.3. The molecule has 0 radical (unpaired) electrons. The first kappa shape index (κ1) is 24.0. The Labute approximate surface area is 195 Å². The minimum atomic E-state index is -1.60. The van der Waals surface area contributed by atoms with E-state index in [9.17, 15) is 28.5 Å². The lowest BCUT2D eigenvalue weighted by Gasteiger charge is -2.41. The van der Waals surface area contributed by atoms with Gasteiger partial charge in [0.05, 0.1) is 12.8 Å². The van der Waals surface area contributed by atoms with Crippen LogP contribution in [0.2, 0.25) is 5.02 Å². The van der Waals surface area contributed by atoms with Gasteiger partial charge in [-0.2, -0.15) is 0 Å². The molecule has 0 amide bonds. The number of aliphatic hydroxyl groups is 3. The molecule has 2 aromatic carbocycles. The molecular formula is C21H19ClF3N3O4S. The minimum absolute atomic E-state index is 0.00427. The molecule has 1 fully saturated rings. The molecule has 33 heavy (non-hydrogen) atoms. The molecular weight excluding hydrogens is 483 g/mol. The summed E-state index contributed by atoms with van der Waals surface area (Å²) in [5.74, 6) is -3.92. The van der Waals surface area contributed by atoms with E-state index in [1.807, 2.05) is 12.1 Å². The minimum Gasteiger partial charge on any atom is -0.394 e. The van der Waals surface area contributed by atoms with Gasteiger partial charge in [0, 0.05) is 16.3 Å². The highest BCUT2D eigenvalue weighted by molar-refractivity contribution is 7.99. The van der Waals surface area contributed by atoms with Crippen LogP contribution in [-0.2, 0) is 10.5 Å². The summed E-state index contributed by atoms with van der Waals surface area (Å²) < 4.78 is 47.3. The maximum absolute atomic E-state index is 13.6. The van der Waals surface area contributed by atoms with E-state index >= 15 is 0 Å². The van der Waals surface area contributed by atoms with E-state index in [0.717, 1.165) is 22.4 Å². The number of hydrogen-bond acceptors (Lipinski definition) is 7. The van der Waals surface area contributed by atoms with E-state index in [0.29, 0.717) is 10.8 Å². The number of ether oxygens (including phenoxy) is 1. The molecule has 1 saturated heterocycles. The van der Waals surface area contributed by atoms with Crippen molar-refractivity contribution in [3.05, 3.63) is 70.6 Å². The highest BCUT2D eigenvalue weighted by Crippen LogP contribution is 2.36. The Morgan fingerprint density at radius 3 is 2.36 bits per heavy atom. The second-order valence-electron chi connectivity index (χ2n) is 7.47. The van der Waals surface area contributed by atoms with Crippen LogP contribution in [0.4, 0.5) is 13.2 Å². The Morgan fingerprint density at radius 2 is 1.73 bits per heavy atom. The Kier molecular flexibility index (Phi) is 7.27. The third kappa shape index (κ3) is 5.03. The van der Waals surface area contributed by atoms with E-state index in [2.05, 4.69) is 10.3 Å². The lowest BCUT2D eigenvalue weighted by Crippen LogP contribution is -2.55. The van der Waals surface area contributed by atoms with Crippen LogP contribution in [-0.4, -0.2) is 60.7 Å². The van der Waals surface area contributed by atoms with Crippen LogP contribution in [0, 0.1) is 17.5 Å². The molecule has 3 aromatic rings. The summed E-state index contributed by atoms with van der Waals surface area (Å²) in [6.45, 7) is -0.516. The van der Waals surface area contributed by atoms with Gasteiger partial charge in [-0.1, -0.05) is 28.9 Å². The molecule has 176 valence electrons. The number of hydrogen-bond donors (Lipinski definition) is 3. The monoisotopic (exact) mass is 501 g/mol. The van der Waals surface area contributed by atoms with Crippen LogP contribution < -0.4 is 0 Å². The molecule has 4 rings (SSSR count). The van der Waals surface area contributed by atoms with Gasteiger partial charge in [-0.05, 0) is 29.8 Å². The predicted octanol–water partition coefficient (Wildman–Crippen LogP) is 2.93. The fraction of sp³-hybridized carbons (Fsp3) is 0.333. The molecule has 3 N–H and O–H groups in total. The predicted molar refractivity (Wildman–Crippen MR) is 115 cm³/mol. The van der Waals surface area contributed by atoms with Gasteiger partial charge in [-0.25, -0.2) is 17.9 Å². The molecule has 5 atom stereocenters. The summed E-state index contributed by atoms with van der Waals surface area (Å²) >= 11 is 7.15. The van der Waals surface area contributed by atoms with E-state index in [1.54, 1.807) is 12.1 Å². The van der Waals surface area contributed by atoms with Crippen molar-refractivity contribution in [3.63, 3.8) is 0 Å². The average Bonchev–Trinajstić information content (AvgIpc) is 3.27. The van der Waals surface area contributed by atoms with Crippen molar-refractivity contribution >= 4 is 23.4 Å². The lowest BCUT2D eigenvalue weighted by molar-refractivity contribution is -0.178. The molecule has 0 aliphatic carbocycles. The molecule has 0 saturated carbocycles. The quantitative estimate of drug-likeness (QED) is 0.446. The highest BCUT2D eigenvalue weighted by Gasteiger charge is 2.46. The normalized spacial score (nSPS) is 25.4. The standard InChI is InChI=1S/C21H19ClF3N3O4S/c22-12-3-1-10(2-4-12)9-33-21-20(31)18(19(30)16(8-29)32-21)28-7-15(26-27-28)11-5-13(23)17(25)14(24)6-11/h1-7,16,18-21,29-31H,8-9H2/t16?,18-,19-,20?,21+/m0/s1. The van der Waals surface area contributed by atoms with Crippen LogP contribution in [0.1, 0.15) is 11.6 Å². The lowest BCUT2D eigenvalue weighted by atomic mass is 9.97. The second-order valence-corrected chi connectivity index (χ2v) is 9.00. The molecule has 1 aliphatic rings.